The van der Waals surface area contributed by atoms with Gasteiger partial charge < -0.3 is 0 Å². The fraction of sp³-hybridized carbons (Fsp3) is 0.304. The Morgan fingerprint density at radius 1 is 1.19 bits per heavy atom. The van der Waals surface area contributed by atoms with Gasteiger partial charge in [-0.15, -0.1) is 32.9 Å². The molecule has 0 spiro atoms. The van der Waals surface area contributed by atoms with Crippen LogP contribution in [0.5, 0.6) is 0 Å². The third kappa shape index (κ3) is 4.24. The van der Waals surface area contributed by atoms with Crippen molar-refractivity contribution in [3.8, 4) is 10.7 Å². The van der Waals surface area contributed by atoms with E-state index in [-0.39, 0.29) is 5.91 Å². The van der Waals surface area contributed by atoms with E-state index in [1.54, 1.807) is 34.9 Å². The second kappa shape index (κ2) is 8.80. The van der Waals surface area contributed by atoms with E-state index in [0.717, 1.165) is 32.8 Å². The van der Waals surface area contributed by atoms with Crippen molar-refractivity contribution < 1.29 is 4.79 Å². The lowest BCUT2D eigenvalue weighted by molar-refractivity contribution is -0.115. The van der Waals surface area contributed by atoms with E-state index in [2.05, 4.69) is 40.1 Å². The Labute approximate surface area is 199 Å². The number of nitrogens with zero attached hydrogens (tertiary/aromatic N) is 5. The summed E-state index contributed by atoms with van der Waals surface area (Å²) in [5, 5.41) is 14.7. The summed E-state index contributed by atoms with van der Waals surface area (Å²) in [6.45, 7) is 5.71. The molecule has 5 rings (SSSR count). The second-order valence-electron chi connectivity index (χ2n) is 7.92. The molecule has 4 aromatic rings. The predicted octanol–water partition coefficient (Wildman–Crippen LogP) is 6.39. The maximum Gasteiger partial charge on any atom is 0.230 e. The molecule has 0 bridgehead atoms. The van der Waals surface area contributed by atoms with Gasteiger partial charge in [-0.05, 0) is 61.4 Å². The lowest BCUT2D eigenvalue weighted by Crippen LogP contribution is -2.22. The molecular formula is C23H23N5OS3. The molecule has 0 atom stereocenters. The van der Waals surface area contributed by atoms with Crippen molar-refractivity contribution in [1.82, 2.24) is 19.7 Å². The molecular weight excluding hydrogens is 458 g/mol. The van der Waals surface area contributed by atoms with Crippen LogP contribution in [0.3, 0.4) is 0 Å². The number of hydrogen-bond donors (Lipinski definition) is 0. The summed E-state index contributed by atoms with van der Waals surface area (Å²) < 4.78 is 2.28. The first kappa shape index (κ1) is 21.4. The molecule has 0 saturated heterocycles. The topological polar surface area (TPSA) is 63.9 Å². The number of carbonyl (C=O) groups is 1. The maximum absolute atomic E-state index is 12.4. The van der Waals surface area contributed by atoms with Crippen molar-refractivity contribution in [3.63, 3.8) is 0 Å². The molecule has 164 valence electrons. The van der Waals surface area contributed by atoms with E-state index in [1.807, 2.05) is 29.6 Å². The first-order valence-corrected chi connectivity index (χ1v) is 13.2. The van der Waals surface area contributed by atoms with Crippen molar-refractivity contribution in [2.24, 2.45) is 0 Å². The van der Waals surface area contributed by atoms with Crippen molar-refractivity contribution in [1.29, 1.82) is 0 Å². The summed E-state index contributed by atoms with van der Waals surface area (Å²) in [6, 6.07) is 10.7. The minimum atomic E-state index is -0.0455. The number of amides is 1. The van der Waals surface area contributed by atoms with Crippen LogP contribution in [0.25, 0.3) is 10.7 Å². The lowest BCUT2D eigenvalue weighted by atomic mass is 10.1. The van der Waals surface area contributed by atoms with Crippen molar-refractivity contribution in [3.05, 3.63) is 57.9 Å². The number of thiazole rings is 1. The van der Waals surface area contributed by atoms with Gasteiger partial charge in [0.2, 0.25) is 5.91 Å². The molecule has 9 heteroatoms. The fourth-order valence-electron chi connectivity index (χ4n) is 3.51. The number of thiophene rings is 1. The third-order valence-corrected chi connectivity index (χ3v) is 8.18. The maximum atomic E-state index is 12.4. The van der Waals surface area contributed by atoms with Gasteiger partial charge in [0, 0.05) is 24.1 Å². The number of anilines is 2. The summed E-state index contributed by atoms with van der Waals surface area (Å²) in [5.41, 5.74) is 4.15. The Bertz CT molecular complexity index is 1260. The standard InChI is InChI=1S/C23H23N5OS3/c1-14-6-7-19(11-15(14)2)27(16(3)29)22-24-17(12-31-22)13-32-23-26-25-21(20-5-4-10-30-20)28(23)18-8-9-18/h4-7,10-12,18H,8-9,13H2,1-3H3. The summed E-state index contributed by atoms with van der Waals surface area (Å²) in [6.07, 6.45) is 2.35. The van der Waals surface area contributed by atoms with Crippen LogP contribution in [0.15, 0.2) is 46.2 Å². The number of rotatable bonds is 7. The van der Waals surface area contributed by atoms with Gasteiger partial charge in [-0.1, -0.05) is 23.9 Å². The Morgan fingerprint density at radius 2 is 2.03 bits per heavy atom. The number of aryl methyl sites for hydroxylation is 2. The van der Waals surface area contributed by atoms with Crippen LogP contribution in [0, 0.1) is 13.8 Å². The van der Waals surface area contributed by atoms with Gasteiger partial charge in [-0.2, -0.15) is 0 Å². The normalized spacial score (nSPS) is 13.5. The van der Waals surface area contributed by atoms with E-state index < -0.39 is 0 Å². The van der Waals surface area contributed by atoms with Gasteiger partial charge in [0.05, 0.1) is 16.3 Å². The molecule has 0 aliphatic heterocycles. The van der Waals surface area contributed by atoms with E-state index in [4.69, 9.17) is 4.98 Å². The quantitative estimate of drug-likeness (QED) is 0.286. The molecule has 3 heterocycles. The molecule has 1 fully saturated rings. The van der Waals surface area contributed by atoms with E-state index in [1.165, 1.54) is 29.7 Å². The highest BCUT2D eigenvalue weighted by Crippen LogP contribution is 2.42. The average Bonchev–Trinajstić information content (AvgIpc) is 3.16. The Hall–Kier alpha value is -2.49. The smallest absolute Gasteiger partial charge is 0.230 e. The van der Waals surface area contributed by atoms with Crippen LogP contribution in [-0.4, -0.2) is 25.7 Å². The number of aromatic nitrogens is 4. The summed E-state index contributed by atoms with van der Waals surface area (Å²) >= 11 is 4.84. The molecule has 32 heavy (non-hydrogen) atoms. The number of benzene rings is 1. The van der Waals surface area contributed by atoms with E-state index in [9.17, 15) is 4.79 Å². The summed E-state index contributed by atoms with van der Waals surface area (Å²) in [5.74, 6) is 1.60. The first-order chi connectivity index (χ1) is 15.5. The molecule has 1 aliphatic rings. The van der Waals surface area contributed by atoms with Gasteiger partial charge in [-0.25, -0.2) is 4.98 Å². The zero-order chi connectivity index (χ0) is 22.2. The minimum Gasteiger partial charge on any atom is -0.298 e. The molecule has 0 N–H and O–H groups in total. The average molecular weight is 482 g/mol. The van der Waals surface area contributed by atoms with Crippen LogP contribution >= 0.6 is 34.4 Å². The van der Waals surface area contributed by atoms with Gasteiger partial charge in [0.25, 0.3) is 0 Å². The summed E-state index contributed by atoms with van der Waals surface area (Å²) in [7, 11) is 0. The SMILES string of the molecule is CC(=O)N(c1ccc(C)c(C)c1)c1nc(CSc2nnc(-c3cccs3)n2C2CC2)cs1. The van der Waals surface area contributed by atoms with Crippen molar-refractivity contribution in [2.75, 3.05) is 4.90 Å². The molecule has 3 aromatic heterocycles. The molecule has 1 amide bonds. The number of carbonyl (C=O) groups excluding carboxylic acids is 1. The van der Waals surface area contributed by atoms with Crippen LogP contribution in [-0.2, 0) is 10.5 Å². The van der Waals surface area contributed by atoms with Crippen molar-refractivity contribution >= 4 is 51.2 Å². The predicted molar refractivity (Wildman–Crippen MR) is 132 cm³/mol. The highest BCUT2D eigenvalue weighted by molar-refractivity contribution is 7.98. The van der Waals surface area contributed by atoms with Gasteiger partial charge in [0.15, 0.2) is 16.1 Å². The Morgan fingerprint density at radius 3 is 2.72 bits per heavy atom. The minimum absolute atomic E-state index is 0.0455. The zero-order valence-electron chi connectivity index (χ0n) is 18.1. The van der Waals surface area contributed by atoms with Gasteiger partial charge in [-0.3, -0.25) is 14.3 Å². The van der Waals surface area contributed by atoms with E-state index >= 15 is 0 Å². The monoisotopic (exact) mass is 481 g/mol. The molecule has 0 radical (unpaired) electrons. The molecule has 6 nitrogen and oxygen atoms in total. The highest BCUT2D eigenvalue weighted by atomic mass is 32.2. The Balaban J connectivity index is 1.36. The molecule has 1 aromatic carbocycles. The second-order valence-corrected chi connectivity index (χ2v) is 10.6. The molecule has 0 unspecified atom stereocenters. The summed E-state index contributed by atoms with van der Waals surface area (Å²) in [4.78, 5) is 20.0. The van der Waals surface area contributed by atoms with Crippen LogP contribution in [0.1, 0.15) is 42.6 Å². The lowest BCUT2D eigenvalue weighted by Gasteiger charge is -2.19. The third-order valence-electron chi connectivity index (χ3n) is 5.46. The molecule has 1 saturated carbocycles. The van der Waals surface area contributed by atoms with Crippen molar-refractivity contribution in [2.45, 2.75) is 50.6 Å². The Kier molecular flexibility index (Phi) is 5.88. The fourth-order valence-corrected chi connectivity index (χ4v) is 6.10. The van der Waals surface area contributed by atoms with Gasteiger partial charge >= 0.3 is 0 Å². The number of thioether (sulfide) groups is 1. The number of hydrogen-bond acceptors (Lipinski definition) is 7. The van der Waals surface area contributed by atoms with Crippen LogP contribution < -0.4 is 4.90 Å². The largest absolute Gasteiger partial charge is 0.298 e. The molecule has 1 aliphatic carbocycles. The first-order valence-electron chi connectivity index (χ1n) is 10.4. The zero-order valence-corrected chi connectivity index (χ0v) is 20.6. The van der Waals surface area contributed by atoms with Crippen LogP contribution in [0.2, 0.25) is 0 Å². The highest BCUT2D eigenvalue weighted by Gasteiger charge is 2.30. The van der Waals surface area contributed by atoms with E-state index in [0.29, 0.717) is 16.9 Å². The van der Waals surface area contributed by atoms with Crippen LogP contribution in [0.4, 0.5) is 10.8 Å². The van der Waals surface area contributed by atoms with Gasteiger partial charge in [0.1, 0.15) is 0 Å².